The van der Waals surface area contributed by atoms with E-state index in [0.29, 0.717) is 11.8 Å². The molecule has 0 aliphatic carbocycles. The molecule has 3 rings (SSSR count). The SMILES string of the molecule is CCCNc1ccc(C(=O)NC2CC3CCC2O3)nc1. The molecule has 0 aromatic carbocycles. The predicted molar refractivity (Wildman–Crippen MR) is 76.8 cm³/mol. The van der Waals surface area contributed by atoms with Gasteiger partial charge in [-0.25, -0.2) is 4.98 Å². The maximum Gasteiger partial charge on any atom is 0.270 e. The van der Waals surface area contributed by atoms with Crippen LogP contribution in [0.4, 0.5) is 5.69 Å². The van der Waals surface area contributed by atoms with Gasteiger partial charge in [0.25, 0.3) is 5.91 Å². The van der Waals surface area contributed by atoms with Crippen molar-refractivity contribution < 1.29 is 9.53 Å². The highest BCUT2D eigenvalue weighted by molar-refractivity contribution is 5.92. The van der Waals surface area contributed by atoms with E-state index in [0.717, 1.165) is 37.9 Å². The first-order valence-corrected chi connectivity index (χ1v) is 7.42. The molecule has 3 heterocycles. The summed E-state index contributed by atoms with van der Waals surface area (Å²) in [4.78, 5) is 16.4. The normalized spacial score (nSPS) is 27.6. The van der Waals surface area contributed by atoms with Gasteiger partial charge in [-0.05, 0) is 37.8 Å². The van der Waals surface area contributed by atoms with Crippen LogP contribution in [0.3, 0.4) is 0 Å². The van der Waals surface area contributed by atoms with Crippen molar-refractivity contribution in [1.29, 1.82) is 0 Å². The molecule has 2 aliphatic rings. The molecule has 0 spiro atoms. The number of hydrogen-bond donors (Lipinski definition) is 2. The Morgan fingerprint density at radius 1 is 1.45 bits per heavy atom. The number of carbonyl (C=O) groups is 1. The average Bonchev–Trinajstić information content (AvgIpc) is 3.08. The van der Waals surface area contributed by atoms with E-state index in [1.54, 1.807) is 12.3 Å². The fraction of sp³-hybridized carbons (Fsp3) is 0.600. The Hall–Kier alpha value is -1.62. The number of aromatic nitrogens is 1. The molecule has 2 saturated heterocycles. The molecule has 2 fully saturated rings. The molecule has 20 heavy (non-hydrogen) atoms. The second-order valence-corrected chi connectivity index (χ2v) is 5.55. The van der Waals surface area contributed by atoms with Gasteiger partial charge >= 0.3 is 0 Å². The van der Waals surface area contributed by atoms with Gasteiger partial charge in [0.1, 0.15) is 5.69 Å². The minimum Gasteiger partial charge on any atom is -0.384 e. The summed E-state index contributed by atoms with van der Waals surface area (Å²) < 4.78 is 5.74. The first-order chi connectivity index (χ1) is 9.76. The molecule has 2 aliphatic heterocycles. The van der Waals surface area contributed by atoms with Gasteiger partial charge < -0.3 is 15.4 Å². The molecule has 5 nitrogen and oxygen atoms in total. The number of fused-ring (bicyclic) bond motifs is 2. The number of nitrogens with one attached hydrogen (secondary N) is 2. The van der Waals surface area contributed by atoms with E-state index in [1.807, 2.05) is 6.07 Å². The Balaban J connectivity index is 1.57. The first kappa shape index (κ1) is 13.4. The lowest BCUT2D eigenvalue weighted by atomic mass is 9.95. The van der Waals surface area contributed by atoms with Crippen LogP contribution in [0.15, 0.2) is 18.3 Å². The molecule has 0 radical (unpaired) electrons. The summed E-state index contributed by atoms with van der Waals surface area (Å²) in [7, 11) is 0. The highest BCUT2D eigenvalue weighted by Gasteiger charge is 2.41. The van der Waals surface area contributed by atoms with Crippen molar-refractivity contribution in [1.82, 2.24) is 10.3 Å². The molecule has 0 saturated carbocycles. The minimum atomic E-state index is -0.104. The Kier molecular flexibility index (Phi) is 3.87. The Bertz CT molecular complexity index is 475. The second kappa shape index (κ2) is 5.79. The molecule has 108 valence electrons. The van der Waals surface area contributed by atoms with Crippen LogP contribution < -0.4 is 10.6 Å². The molecule has 3 atom stereocenters. The lowest BCUT2D eigenvalue weighted by Crippen LogP contribution is -2.41. The summed E-state index contributed by atoms with van der Waals surface area (Å²) in [6.07, 6.45) is 6.45. The van der Waals surface area contributed by atoms with E-state index in [4.69, 9.17) is 4.74 Å². The molecule has 2 N–H and O–H groups in total. The third-order valence-corrected chi connectivity index (χ3v) is 4.00. The van der Waals surface area contributed by atoms with Gasteiger partial charge in [0.05, 0.1) is 30.1 Å². The molecular formula is C15H21N3O2. The molecule has 5 heteroatoms. The number of ether oxygens (including phenoxy) is 1. The standard InChI is InChI=1S/C15H21N3O2/c1-2-7-16-10-3-5-12(17-9-10)15(19)18-13-8-11-4-6-14(13)20-11/h3,5,9,11,13-14,16H,2,4,6-8H2,1H3,(H,18,19). The van der Waals surface area contributed by atoms with E-state index < -0.39 is 0 Å². The van der Waals surface area contributed by atoms with Gasteiger partial charge in [-0.15, -0.1) is 0 Å². The van der Waals surface area contributed by atoms with Crippen molar-refractivity contribution in [2.75, 3.05) is 11.9 Å². The van der Waals surface area contributed by atoms with Gasteiger partial charge in [0.2, 0.25) is 0 Å². The van der Waals surface area contributed by atoms with Crippen molar-refractivity contribution in [3.8, 4) is 0 Å². The third-order valence-electron chi connectivity index (χ3n) is 4.00. The molecule has 3 unspecified atom stereocenters. The maximum absolute atomic E-state index is 12.2. The van der Waals surface area contributed by atoms with Crippen molar-refractivity contribution >= 4 is 11.6 Å². The molecule has 2 bridgehead atoms. The zero-order valence-electron chi connectivity index (χ0n) is 11.8. The van der Waals surface area contributed by atoms with Crippen LogP contribution in [0.2, 0.25) is 0 Å². The summed E-state index contributed by atoms with van der Waals surface area (Å²) in [6, 6.07) is 3.82. The van der Waals surface area contributed by atoms with E-state index in [9.17, 15) is 4.79 Å². The lowest BCUT2D eigenvalue weighted by Gasteiger charge is -2.19. The summed E-state index contributed by atoms with van der Waals surface area (Å²) in [5.74, 6) is -0.104. The van der Waals surface area contributed by atoms with Crippen molar-refractivity contribution in [3.63, 3.8) is 0 Å². The zero-order chi connectivity index (χ0) is 13.9. The van der Waals surface area contributed by atoms with Gasteiger partial charge in [-0.1, -0.05) is 6.92 Å². The van der Waals surface area contributed by atoms with Crippen LogP contribution in [0.5, 0.6) is 0 Å². The van der Waals surface area contributed by atoms with E-state index >= 15 is 0 Å². The number of amides is 1. The summed E-state index contributed by atoms with van der Waals surface area (Å²) in [5.41, 5.74) is 1.42. The fourth-order valence-corrected chi connectivity index (χ4v) is 2.93. The monoisotopic (exact) mass is 275 g/mol. The van der Waals surface area contributed by atoms with Crippen LogP contribution in [-0.2, 0) is 4.74 Å². The van der Waals surface area contributed by atoms with Crippen molar-refractivity contribution in [3.05, 3.63) is 24.0 Å². The number of carbonyl (C=O) groups excluding carboxylic acids is 1. The average molecular weight is 275 g/mol. The molecule has 1 amide bonds. The largest absolute Gasteiger partial charge is 0.384 e. The van der Waals surface area contributed by atoms with Crippen LogP contribution >= 0.6 is 0 Å². The Morgan fingerprint density at radius 3 is 2.95 bits per heavy atom. The van der Waals surface area contributed by atoms with E-state index in [2.05, 4.69) is 22.5 Å². The zero-order valence-corrected chi connectivity index (χ0v) is 11.8. The van der Waals surface area contributed by atoms with Crippen LogP contribution in [-0.4, -0.2) is 35.7 Å². The van der Waals surface area contributed by atoms with Crippen molar-refractivity contribution in [2.45, 2.75) is 50.9 Å². The summed E-state index contributed by atoms with van der Waals surface area (Å²) in [5, 5.41) is 6.28. The van der Waals surface area contributed by atoms with Gasteiger partial charge in [-0.3, -0.25) is 4.79 Å². The van der Waals surface area contributed by atoms with Gasteiger partial charge in [0.15, 0.2) is 0 Å². The fourth-order valence-electron chi connectivity index (χ4n) is 2.93. The van der Waals surface area contributed by atoms with Crippen LogP contribution in [0.25, 0.3) is 0 Å². The minimum absolute atomic E-state index is 0.104. The highest BCUT2D eigenvalue weighted by atomic mass is 16.5. The molecular weight excluding hydrogens is 254 g/mol. The van der Waals surface area contributed by atoms with Crippen LogP contribution in [0, 0.1) is 0 Å². The van der Waals surface area contributed by atoms with Crippen LogP contribution in [0.1, 0.15) is 43.1 Å². The highest BCUT2D eigenvalue weighted by Crippen LogP contribution is 2.34. The Morgan fingerprint density at radius 2 is 2.35 bits per heavy atom. The number of pyridine rings is 1. The smallest absolute Gasteiger partial charge is 0.270 e. The van der Waals surface area contributed by atoms with E-state index in [1.165, 1.54) is 0 Å². The first-order valence-electron chi connectivity index (χ1n) is 7.42. The number of rotatable bonds is 5. The topological polar surface area (TPSA) is 63.2 Å². The second-order valence-electron chi connectivity index (χ2n) is 5.55. The van der Waals surface area contributed by atoms with Gasteiger partial charge in [0, 0.05) is 6.54 Å². The maximum atomic E-state index is 12.2. The Labute approximate surface area is 119 Å². The predicted octanol–water partition coefficient (Wildman–Crippen LogP) is 1.95. The van der Waals surface area contributed by atoms with E-state index in [-0.39, 0.29) is 18.1 Å². The molecule has 1 aromatic heterocycles. The summed E-state index contributed by atoms with van der Waals surface area (Å²) >= 11 is 0. The number of hydrogen-bond acceptors (Lipinski definition) is 4. The number of anilines is 1. The van der Waals surface area contributed by atoms with Gasteiger partial charge in [-0.2, -0.15) is 0 Å². The summed E-state index contributed by atoms with van der Waals surface area (Å²) in [6.45, 7) is 3.02. The third kappa shape index (κ3) is 2.77. The molecule has 1 aromatic rings. The van der Waals surface area contributed by atoms with Crippen molar-refractivity contribution in [2.24, 2.45) is 0 Å². The lowest BCUT2D eigenvalue weighted by molar-refractivity contribution is 0.0837. The number of nitrogens with zero attached hydrogens (tertiary/aromatic N) is 1. The quantitative estimate of drug-likeness (QED) is 0.862.